The molecule has 2 aromatic heterocycles. The average molecular weight is 409 g/mol. The summed E-state index contributed by atoms with van der Waals surface area (Å²) in [6.45, 7) is 3.17. The molecule has 1 atom stereocenters. The highest BCUT2D eigenvalue weighted by Gasteiger charge is 2.26. The lowest BCUT2D eigenvalue weighted by atomic mass is 9.92. The van der Waals surface area contributed by atoms with Crippen LogP contribution in [0.1, 0.15) is 60.1 Å². The van der Waals surface area contributed by atoms with Crippen LogP contribution in [0.5, 0.6) is 0 Å². The van der Waals surface area contributed by atoms with Gasteiger partial charge in [-0.1, -0.05) is 5.16 Å². The van der Waals surface area contributed by atoms with E-state index in [0.717, 1.165) is 93.0 Å². The fourth-order valence-corrected chi connectivity index (χ4v) is 4.67. The molecule has 0 aliphatic carbocycles. The molecule has 1 aromatic carbocycles. The minimum Gasteiger partial charge on any atom is -0.381 e. The van der Waals surface area contributed by atoms with Gasteiger partial charge in [-0.3, -0.25) is 4.79 Å². The van der Waals surface area contributed by atoms with Crippen molar-refractivity contribution in [1.29, 1.82) is 0 Å². The SMILES string of the molecule is O=C(c1ccc2[nH]ccc2c1)N1CCCC(CCc2noc(C3CCOCC3)n2)C1. The first kappa shape index (κ1) is 19.3. The van der Waals surface area contributed by atoms with Crippen molar-refractivity contribution in [2.45, 2.75) is 44.4 Å². The van der Waals surface area contributed by atoms with Crippen molar-refractivity contribution in [3.05, 3.63) is 47.7 Å². The molecule has 30 heavy (non-hydrogen) atoms. The van der Waals surface area contributed by atoms with Crippen molar-refractivity contribution in [1.82, 2.24) is 20.0 Å². The van der Waals surface area contributed by atoms with Gasteiger partial charge < -0.3 is 19.1 Å². The second kappa shape index (κ2) is 8.60. The second-order valence-electron chi connectivity index (χ2n) is 8.51. The van der Waals surface area contributed by atoms with Crippen LogP contribution in [0, 0.1) is 5.92 Å². The van der Waals surface area contributed by atoms with Crippen molar-refractivity contribution in [2.24, 2.45) is 5.92 Å². The number of H-pyrrole nitrogens is 1. The highest BCUT2D eigenvalue weighted by atomic mass is 16.5. The predicted octanol–water partition coefficient (Wildman–Crippen LogP) is 3.93. The number of aromatic nitrogens is 3. The van der Waals surface area contributed by atoms with E-state index in [1.54, 1.807) is 0 Å². The number of ether oxygens (including phenoxy) is 1. The lowest BCUT2D eigenvalue weighted by Crippen LogP contribution is -2.40. The van der Waals surface area contributed by atoms with E-state index in [-0.39, 0.29) is 5.91 Å². The molecule has 0 radical (unpaired) electrons. The van der Waals surface area contributed by atoms with E-state index in [1.807, 2.05) is 35.4 Å². The highest BCUT2D eigenvalue weighted by Crippen LogP contribution is 2.27. The molecule has 1 N–H and O–H groups in total. The van der Waals surface area contributed by atoms with Gasteiger partial charge in [0.05, 0.1) is 0 Å². The Kier molecular flexibility index (Phi) is 5.53. The number of piperidine rings is 1. The zero-order valence-corrected chi connectivity index (χ0v) is 17.2. The molecule has 1 unspecified atom stereocenters. The van der Waals surface area contributed by atoms with Gasteiger partial charge in [0.1, 0.15) is 0 Å². The Hall–Kier alpha value is -2.67. The Morgan fingerprint density at radius 3 is 3.00 bits per heavy atom. The number of likely N-dealkylation sites (tertiary alicyclic amines) is 1. The fraction of sp³-hybridized carbons (Fsp3) is 0.522. The number of aromatic amines is 1. The van der Waals surface area contributed by atoms with Crippen molar-refractivity contribution >= 4 is 16.8 Å². The molecule has 0 bridgehead atoms. The van der Waals surface area contributed by atoms with Gasteiger partial charge in [0.25, 0.3) is 5.91 Å². The van der Waals surface area contributed by atoms with Gasteiger partial charge >= 0.3 is 0 Å². The third kappa shape index (κ3) is 4.12. The third-order valence-corrected chi connectivity index (χ3v) is 6.44. The van der Waals surface area contributed by atoms with Gasteiger partial charge in [0, 0.05) is 61.3 Å². The van der Waals surface area contributed by atoms with Crippen molar-refractivity contribution < 1.29 is 14.1 Å². The van der Waals surface area contributed by atoms with Gasteiger partial charge in [-0.05, 0) is 62.3 Å². The maximum atomic E-state index is 13.0. The van der Waals surface area contributed by atoms with E-state index in [1.165, 1.54) is 0 Å². The molecule has 0 spiro atoms. The Morgan fingerprint density at radius 1 is 1.20 bits per heavy atom. The molecule has 7 nitrogen and oxygen atoms in total. The molecule has 3 aromatic rings. The largest absolute Gasteiger partial charge is 0.381 e. The van der Waals surface area contributed by atoms with Crippen LogP contribution >= 0.6 is 0 Å². The van der Waals surface area contributed by atoms with Crippen molar-refractivity contribution in [3.8, 4) is 0 Å². The quantitative estimate of drug-likeness (QED) is 0.691. The molecule has 1 amide bonds. The Morgan fingerprint density at radius 2 is 2.10 bits per heavy atom. The van der Waals surface area contributed by atoms with Crippen LogP contribution in [-0.2, 0) is 11.2 Å². The maximum absolute atomic E-state index is 13.0. The third-order valence-electron chi connectivity index (χ3n) is 6.44. The minimum atomic E-state index is 0.129. The maximum Gasteiger partial charge on any atom is 0.253 e. The first-order valence-corrected chi connectivity index (χ1v) is 11.0. The zero-order valence-electron chi connectivity index (χ0n) is 17.2. The number of rotatable bonds is 5. The lowest BCUT2D eigenvalue weighted by Gasteiger charge is -2.32. The smallest absolute Gasteiger partial charge is 0.253 e. The van der Waals surface area contributed by atoms with Crippen LogP contribution in [-0.4, -0.2) is 52.2 Å². The summed E-state index contributed by atoms with van der Waals surface area (Å²) in [5.41, 5.74) is 1.82. The number of carbonyl (C=O) groups excluding carboxylic acids is 1. The van der Waals surface area contributed by atoms with E-state index in [9.17, 15) is 4.79 Å². The molecule has 2 saturated heterocycles. The second-order valence-corrected chi connectivity index (χ2v) is 8.51. The number of nitrogens with one attached hydrogen (secondary N) is 1. The van der Waals surface area contributed by atoms with Crippen LogP contribution in [0.2, 0.25) is 0 Å². The molecule has 5 rings (SSSR count). The predicted molar refractivity (Wildman–Crippen MR) is 112 cm³/mol. The molecular formula is C23H28N4O3. The van der Waals surface area contributed by atoms with Crippen molar-refractivity contribution in [3.63, 3.8) is 0 Å². The summed E-state index contributed by atoms with van der Waals surface area (Å²) in [4.78, 5) is 22.8. The van der Waals surface area contributed by atoms with Crippen LogP contribution in [0.15, 0.2) is 35.0 Å². The minimum absolute atomic E-state index is 0.129. The van der Waals surface area contributed by atoms with Crippen molar-refractivity contribution in [2.75, 3.05) is 26.3 Å². The number of hydrogen-bond acceptors (Lipinski definition) is 5. The lowest BCUT2D eigenvalue weighted by molar-refractivity contribution is 0.0668. The van der Waals surface area contributed by atoms with Gasteiger partial charge in [0.2, 0.25) is 5.89 Å². The molecule has 4 heterocycles. The number of amides is 1. The van der Waals surface area contributed by atoms with E-state index < -0.39 is 0 Å². The number of aryl methyl sites for hydroxylation is 1. The topological polar surface area (TPSA) is 84.2 Å². The standard InChI is InChI=1S/C23H28N4O3/c28-23(19-4-5-20-18(14-19)7-10-24-20)27-11-1-2-16(15-27)3-6-21-25-22(30-26-21)17-8-12-29-13-9-17/h4-5,7,10,14,16-17,24H,1-3,6,8-9,11-13,15H2. The van der Waals surface area contributed by atoms with Crippen LogP contribution in [0.3, 0.4) is 0 Å². The number of benzene rings is 1. The summed E-state index contributed by atoms with van der Waals surface area (Å²) in [5.74, 6) is 2.49. The molecule has 7 heteroatoms. The molecule has 2 fully saturated rings. The number of nitrogens with zero attached hydrogens (tertiary/aromatic N) is 3. The van der Waals surface area contributed by atoms with E-state index >= 15 is 0 Å². The molecule has 0 saturated carbocycles. The first-order valence-electron chi connectivity index (χ1n) is 11.0. The fourth-order valence-electron chi connectivity index (χ4n) is 4.67. The Bertz CT molecular complexity index is 1000. The number of fused-ring (bicyclic) bond motifs is 1. The summed E-state index contributed by atoms with van der Waals surface area (Å²) in [5, 5.41) is 5.27. The Balaban J connectivity index is 1.17. The summed E-state index contributed by atoms with van der Waals surface area (Å²) in [6.07, 6.45) is 7.78. The van der Waals surface area contributed by atoms with Gasteiger partial charge in [0.15, 0.2) is 5.82 Å². The highest BCUT2D eigenvalue weighted by molar-refractivity contribution is 5.98. The summed E-state index contributed by atoms with van der Waals surface area (Å²) < 4.78 is 10.9. The normalized spacial score (nSPS) is 20.7. The summed E-state index contributed by atoms with van der Waals surface area (Å²) >= 11 is 0. The average Bonchev–Trinajstić information content (AvgIpc) is 3.47. The number of hydrogen-bond donors (Lipinski definition) is 1. The van der Waals surface area contributed by atoms with E-state index in [4.69, 9.17) is 9.26 Å². The van der Waals surface area contributed by atoms with Gasteiger partial charge in [-0.2, -0.15) is 4.98 Å². The van der Waals surface area contributed by atoms with Crippen LogP contribution in [0.4, 0.5) is 0 Å². The molecule has 2 aliphatic rings. The monoisotopic (exact) mass is 408 g/mol. The van der Waals surface area contributed by atoms with Crippen LogP contribution in [0.25, 0.3) is 10.9 Å². The van der Waals surface area contributed by atoms with Gasteiger partial charge in [-0.25, -0.2) is 0 Å². The van der Waals surface area contributed by atoms with Crippen LogP contribution < -0.4 is 0 Å². The number of carbonyl (C=O) groups is 1. The van der Waals surface area contributed by atoms with Gasteiger partial charge in [-0.15, -0.1) is 0 Å². The van der Waals surface area contributed by atoms with E-state index in [2.05, 4.69) is 15.1 Å². The molecular weight excluding hydrogens is 380 g/mol. The Labute approximate surface area is 175 Å². The van der Waals surface area contributed by atoms with E-state index in [0.29, 0.717) is 11.8 Å². The first-order chi connectivity index (χ1) is 14.8. The summed E-state index contributed by atoms with van der Waals surface area (Å²) in [7, 11) is 0. The molecule has 158 valence electrons. The summed E-state index contributed by atoms with van der Waals surface area (Å²) in [6, 6.07) is 7.89. The zero-order chi connectivity index (χ0) is 20.3. The molecule has 2 aliphatic heterocycles.